The molecule has 1 fully saturated rings. The summed E-state index contributed by atoms with van der Waals surface area (Å²) >= 11 is 0. The van der Waals surface area contributed by atoms with Crippen LogP contribution < -0.4 is 10.1 Å². The number of amides is 2. The van der Waals surface area contributed by atoms with Crippen molar-refractivity contribution < 1.29 is 14.3 Å². The first-order chi connectivity index (χ1) is 14.4. The third-order valence-electron chi connectivity index (χ3n) is 5.85. The number of ether oxygens (including phenoxy) is 1. The number of hydrogen-bond acceptors (Lipinski definition) is 3. The second kappa shape index (κ2) is 8.22. The molecule has 1 aliphatic heterocycles. The fraction of sp³-hybridized carbons (Fsp3) is 0.333. The van der Waals surface area contributed by atoms with Gasteiger partial charge in [-0.15, -0.1) is 0 Å². The molecule has 2 aromatic carbocycles. The first kappa shape index (κ1) is 20.0. The van der Waals surface area contributed by atoms with Crippen LogP contribution in [0.1, 0.15) is 23.1 Å². The van der Waals surface area contributed by atoms with Crippen LogP contribution in [0.15, 0.2) is 42.6 Å². The molecule has 0 radical (unpaired) electrons. The van der Waals surface area contributed by atoms with Gasteiger partial charge in [0.2, 0.25) is 11.8 Å². The van der Waals surface area contributed by atoms with E-state index in [0.29, 0.717) is 13.1 Å². The van der Waals surface area contributed by atoms with E-state index in [1.807, 2.05) is 56.4 Å². The van der Waals surface area contributed by atoms with Crippen molar-refractivity contribution in [2.75, 3.05) is 25.5 Å². The smallest absolute Gasteiger partial charge is 0.229 e. The second-order valence-corrected chi connectivity index (χ2v) is 8.02. The molecular weight excluding hydrogens is 378 g/mol. The molecule has 4 rings (SSSR count). The topological polar surface area (TPSA) is 74.4 Å². The molecule has 0 saturated carbocycles. The number of hydrogen-bond donors (Lipinski definition) is 2. The third-order valence-corrected chi connectivity index (χ3v) is 5.85. The van der Waals surface area contributed by atoms with Crippen molar-refractivity contribution in [1.82, 2.24) is 9.88 Å². The van der Waals surface area contributed by atoms with Gasteiger partial charge < -0.3 is 19.9 Å². The van der Waals surface area contributed by atoms with Crippen LogP contribution in [0.4, 0.5) is 5.69 Å². The first-order valence-corrected chi connectivity index (χ1v) is 10.2. The van der Waals surface area contributed by atoms with Crippen molar-refractivity contribution in [3.63, 3.8) is 0 Å². The number of carbonyl (C=O) groups is 2. The van der Waals surface area contributed by atoms with Crippen molar-refractivity contribution in [1.29, 1.82) is 0 Å². The van der Waals surface area contributed by atoms with E-state index in [0.717, 1.165) is 45.5 Å². The van der Waals surface area contributed by atoms with Crippen LogP contribution in [0.25, 0.3) is 10.9 Å². The van der Waals surface area contributed by atoms with Gasteiger partial charge in [-0.1, -0.05) is 17.7 Å². The zero-order chi connectivity index (χ0) is 21.3. The van der Waals surface area contributed by atoms with Gasteiger partial charge in [0.05, 0.1) is 13.0 Å². The number of nitrogens with zero attached hydrogens (tertiary/aromatic N) is 1. The number of anilines is 1. The van der Waals surface area contributed by atoms with Crippen LogP contribution in [-0.4, -0.2) is 41.9 Å². The average molecular weight is 405 g/mol. The minimum Gasteiger partial charge on any atom is -0.497 e. The molecule has 1 aromatic heterocycles. The van der Waals surface area contributed by atoms with Crippen LogP contribution in [-0.2, 0) is 16.0 Å². The van der Waals surface area contributed by atoms with Gasteiger partial charge in [-0.05, 0) is 55.7 Å². The lowest BCUT2D eigenvalue weighted by Crippen LogP contribution is -2.30. The van der Waals surface area contributed by atoms with Crippen LogP contribution in [0.3, 0.4) is 0 Å². The third kappa shape index (κ3) is 4.03. The number of aromatic amines is 1. The minimum atomic E-state index is -0.318. The molecule has 0 aliphatic carbocycles. The predicted octanol–water partition coefficient (Wildman–Crippen LogP) is 3.82. The zero-order valence-corrected chi connectivity index (χ0v) is 17.6. The largest absolute Gasteiger partial charge is 0.497 e. The second-order valence-electron chi connectivity index (χ2n) is 8.02. The van der Waals surface area contributed by atoms with E-state index in [1.54, 1.807) is 12.0 Å². The van der Waals surface area contributed by atoms with E-state index < -0.39 is 0 Å². The summed E-state index contributed by atoms with van der Waals surface area (Å²) in [6, 6.07) is 11.9. The molecule has 0 spiro atoms. The number of carbonyl (C=O) groups excluding carboxylic acids is 2. The summed E-state index contributed by atoms with van der Waals surface area (Å²) in [5.74, 6) is 0.438. The summed E-state index contributed by atoms with van der Waals surface area (Å²) < 4.78 is 5.32. The normalized spacial score (nSPS) is 16.3. The highest BCUT2D eigenvalue weighted by Crippen LogP contribution is 2.26. The molecule has 2 N–H and O–H groups in total. The molecule has 3 aromatic rings. The quantitative estimate of drug-likeness (QED) is 0.655. The molecule has 1 atom stereocenters. The molecule has 6 heteroatoms. The number of H-pyrrole nitrogens is 1. The maximum absolute atomic E-state index is 12.7. The molecule has 0 bridgehead atoms. The minimum absolute atomic E-state index is 0.0354. The van der Waals surface area contributed by atoms with E-state index in [4.69, 9.17) is 4.74 Å². The molecule has 6 nitrogen and oxygen atoms in total. The van der Waals surface area contributed by atoms with Gasteiger partial charge in [-0.25, -0.2) is 0 Å². The van der Waals surface area contributed by atoms with Gasteiger partial charge in [0.25, 0.3) is 0 Å². The Hall–Kier alpha value is -3.28. The summed E-state index contributed by atoms with van der Waals surface area (Å²) in [5.41, 5.74) is 5.18. The standard InChI is InChI=1S/C24H27N3O3/c1-15-4-6-21(16(2)10-15)26-24(29)18-11-23(28)27(14-18)9-8-17-13-25-22-7-5-19(30-3)12-20(17)22/h4-7,10,12-13,18,25H,8-9,11,14H2,1-3H3,(H,26,29)/t18-/m1/s1. The van der Waals surface area contributed by atoms with E-state index in [-0.39, 0.29) is 24.2 Å². The van der Waals surface area contributed by atoms with E-state index in [9.17, 15) is 9.59 Å². The molecule has 0 unspecified atom stereocenters. The van der Waals surface area contributed by atoms with E-state index in [2.05, 4.69) is 10.3 Å². The summed E-state index contributed by atoms with van der Waals surface area (Å²) in [7, 11) is 1.65. The van der Waals surface area contributed by atoms with Crippen molar-refractivity contribution in [2.45, 2.75) is 26.7 Å². The highest BCUT2D eigenvalue weighted by Gasteiger charge is 2.34. The van der Waals surface area contributed by atoms with Gasteiger partial charge >= 0.3 is 0 Å². The highest BCUT2D eigenvalue weighted by molar-refractivity contribution is 5.97. The Morgan fingerprint density at radius 1 is 1.23 bits per heavy atom. The Balaban J connectivity index is 1.38. The van der Waals surface area contributed by atoms with Crippen LogP contribution in [0, 0.1) is 19.8 Å². The van der Waals surface area contributed by atoms with Crippen molar-refractivity contribution >= 4 is 28.4 Å². The Labute approximate surface area is 176 Å². The number of aryl methyl sites for hydroxylation is 2. The number of rotatable bonds is 6. The fourth-order valence-corrected chi connectivity index (χ4v) is 4.10. The molecule has 1 aliphatic rings. The Morgan fingerprint density at radius 3 is 2.83 bits per heavy atom. The first-order valence-electron chi connectivity index (χ1n) is 10.2. The number of methoxy groups -OCH3 is 1. The van der Waals surface area contributed by atoms with Gasteiger partial charge in [0, 0.05) is 42.3 Å². The number of likely N-dealkylation sites (tertiary alicyclic amines) is 1. The van der Waals surface area contributed by atoms with Crippen LogP contribution in [0.2, 0.25) is 0 Å². The highest BCUT2D eigenvalue weighted by atomic mass is 16.5. The molecule has 30 heavy (non-hydrogen) atoms. The molecular formula is C24H27N3O3. The number of nitrogens with one attached hydrogen (secondary N) is 2. The molecule has 2 amide bonds. The van der Waals surface area contributed by atoms with Crippen LogP contribution in [0.5, 0.6) is 5.75 Å². The number of aromatic nitrogens is 1. The fourth-order valence-electron chi connectivity index (χ4n) is 4.10. The zero-order valence-electron chi connectivity index (χ0n) is 17.6. The van der Waals surface area contributed by atoms with Gasteiger partial charge in [-0.3, -0.25) is 9.59 Å². The SMILES string of the molecule is COc1ccc2[nH]cc(CCN3C[C@H](C(=O)Nc4ccc(C)cc4C)CC3=O)c2c1. The average Bonchev–Trinajstić information content (AvgIpc) is 3.31. The van der Waals surface area contributed by atoms with E-state index >= 15 is 0 Å². The van der Waals surface area contributed by atoms with Gasteiger partial charge in [-0.2, -0.15) is 0 Å². The van der Waals surface area contributed by atoms with Crippen LogP contribution >= 0.6 is 0 Å². The summed E-state index contributed by atoms with van der Waals surface area (Å²) in [5, 5.41) is 4.09. The molecule has 2 heterocycles. The Bertz CT molecular complexity index is 1100. The summed E-state index contributed by atoms with van der Waals surface area (Å²) in [6.45, 7) is 5.05. The maximum Gasteiger partial charge on any atom is 0.229 e. The Kier molecular flexibility index (Phi) is 5.48. The van der Waals surface area contributed by atoms with Crippen molar-refractivity contribution in [3.05, 3.63) is 59.3 Å². The lowest BCUT2D eigenvalue weighted by Gasteiger charge is -2.17. The summed E-state index contributed by atoms with van der Waals surface area (Å²) in [4.78, 5) is 30.3. The van der Waals surface area contributed by atoms with Gasteiger partial charge in [0.15, 0.2) is 0 Å². The molecule has 156 valence electrons. The van der Waals surface area contributed by atoms with Crippen molar-refractivity contribution in [2.24, 2.45) is 5.92 Å². The lowest BCUT2D eigenvalue weighted by molar-refractivity contribution is -0.128. The number of benzene rings is 2. The lowest BCUT2D eigenvalue weighted by atomic mass is 10.1. The van der Waals surface area contributed by atoms with E-state index in [1.165, 1.54) is 0 Å². The van der Waals surface area contributed by atoms with Crippen molar-refractivity contribution in [3.8, 4) is 5.75 Å². The van der Waals surface area contributed by atoms with Gasteiger partial charge in [0.1, 0.15) is 5.75 Å². The summed E-state index contributed by atoms with van der Waals surface area (Å²) in [6.07, 6.45) is 2.97. The predicted molar refractivity (Wildman–Crippen MR) is 118 cm³/mol. The molecule has 1 saturated heterocycles. The maximum atomic E-state index is 12.7. The monoisotopic (exact) mass is 405 g/mol. The number of fused-ring (bicyclic) bond motifs is 1. The Morgan fingerprint density at radius 2 is 2.07 bits per heavy atom.